The SMILES string of the molecule is CC(C)CC(N)CCc1cccc(F)c1F. The van der Waals surface area contributed by atoms with E-state index in [1.165, 1.54) is 6.07 Å². The molecule has 0 saturated carbocycles. The van der Waals surface area contributed by atoms with Gasteiger partial charge in [0.1, 0.15) is 0 Å². The first kappa shape index (κ1) is 13.1. The Hall–Kier alpha value is -0.960. The third-order valence-corrected chi connectivity index (χ3v) is 2.59. The summed E-state index contributed by atoms with van der Waals surface area (Å²) in [5, 5.41) is 0. The van der Waals surface area contributed by atoms with E-state index in [4.69, 9.17) is 5.73 Å². The van der Waals surface area contributed by atoms with E-state index in [1.54, 1.807) is 6.07 Å². The molecule has 1 atom stereocenters. The van der Waals surface area contributed by atoms with Gasteiger partial charge in [0.05, 0.1) is 0 Å². The van der Waals surface area contributed by atoms with Crippen molar-refractivity contribution in [2.24, 2.45) is 11.7 Å². The third-order valence-electron chi connectivity index (χ3n) is 2.59. The minimum Gasteiger partial charge on any atom is -0.328 e. The average molecular weight is 227 g/mol. The second kappa shape index (κ2) is 5.94. The first-order valence-electron chi connectivity index (χ1n) is 5.69. The molecule has 0 spiro atoms. The van der Waals surface area contributed by atoms with Crippen LogP contribution in [0.4, 0.5) is 8.78 Å². The number of hydrogen-bond acceptors (Lipinski definition) is 1. The topological polar surface area (TPSA) is 26.0 Å². The van der Waals surface area contributed by atoms with Crippen molar-refractivity contribution in [2.75, 3.05) is 0 Å². The molecule has 1 unspecified atom stereocenters. The Bertz CT molecular complexity index is 337. The van der Waals surface area contributed by atoms with E-state index in [0.29, 0.717) is 24.3 Å². The van der Waals surface area contributed by atoms with Crippen LogP contribution >= 0.6 is 0 Å². The van der Waals surface area contributed by atoms with Crippen molar-refractivity contribution in [2.45, 2.75) is 39.2 Å². The fourth-order valence-corrected chi connectivity index (χ4v) is 1.81. The van der Waals surface area contributed by atoms with Gasteiger partial charge in [-0.15, -0.1) is 0 Å². The van der Waals surface area contributed by atoms with E-state index in [0.717, 1.165) is 12.5 Å². The highest BCUT2D eigenvalue weighted by Gasteiger charge is 2.10. The van der Waals surface area contributed by atoms with E-state index in [2.05, 4.69) is 13.8 Å². The summed E-state index contributed by atoms with van der Waals surface area (Å²) in [5.41, 5.74) is 6.31. The van der Waals surface area contributed by atoms with Crippen LogP contribution in [0, 0.1) is 17.6 Å². The fraction of sp³-hybridized carbons (Fsp3) is 0.538. The third kappa shape index (κ3) is 3.89. The van der Waals surface area contributed by atoms with Gasteiger partial charge >= 0.3 is 0 Å². The molecule has 1 rings (SSSR count). The maximum atomic E-state index is 13.3. The molecule has 0 saturated heterocycles. The quantitative estimate of drug-likeness (QED) is 0.820. The number of rotatable bonds is 5. The van der Waals surface area contributed by atoms with Crippen molar-refractivity contribution in [3.05, 3.63) is 35.4 Å². The maximum Gasteiger partial charge on any atom is 0.162 e. The number of nitrogens with two attached hydrogens (primary N) is 1. The molecule has 0 aliphatic heterocycles. The Balaban J connectivity index is 2.51. The molecule has 0 radical (unpaired) electrons. The van der Waals surface area contributed by atoms with Crippen LogP contribution in [0.1, 0.15) is 32.3 Å². The zero-order valence-electron chi connectivity index (χ0n) is 9.84. The van der Waals surface area contributed by atoms with Crippen LogP contribution < -0.4 is 5.73 Å². The molecule has 1 aromatic carbocycles. The van der Waals surface area contributed by atoms with Gasteiger partial charge in [0.15, 0.2) is 11.6 Å². The smallest absolute Gasteiger partial charge is 0.162 e. The Labute approximate surface area is 95.7 Å². The predicted molar refractivity (Wildman–Crippen MR) is 62.1 cm³/mol. The van der Waals surface area contributed by atoms with Gasteiger partial charge in [-0.3, -0.25) is 0 Å². The van der Waals surface area contributed by atoms with Gasteiger partial charge in [-0.25, -0.2) is 8.78 Å². The molecule has 0 aliphatic rings. The predicted octanol–water partition coefficient (Wildman–Crippen LogP) is 3.27. The number of benzene rings is 1. The minimum absolute atomic E-state index is 0.0580. The molecule has 0 fully saturated rings. The van der Waals surface area contributed by atoms with Crippen LogP contribution in [-0.4, -0.2) is 6.04 Å². The lowest BCUT2D eigenvalue weighted by Gasteiger charge is -2.14. The summed E-state index contributed by atoms with van der Waals surface area (Å²) in [6, 6.07) is 4.33. The Morgan fingerprint density at radius 3 is 2.56 bits per heavy atom. The summed E-state index contributed by atoms with van der Waals surface area (Å²) in [4.78, 5) is 0. The van der Waals surface area contributed by atoms with Crippen molar-refractivity contribution in [3.63, 3.8) is 0 Å². The van der Waals surface area contributed by atoms with Crippen LogP contribution in [-0.2, 0) is 6.42 Å². The minimum atomic E-state index is -0.782. The van der Waals surface area contributed by atoms with Crippen molar-refractivity contribution in [1.29, 1.82) is 0 Å². The summed E-state index contributed by atoms with van der Waals surface area (Å²) < 4.78 is 26.2. The molecular weight excluding hydrogens is 208 g/mol. The van der Waals surface area contributed by atoms with Crippen LogP contribution in [0.5, 0.6) is 0 Å². The molecule has 0 aromatic heterocycles. The highest BCUT2D eigenvalue weighted by Crippen LogP contribution is 2.15. The average Bonchev–Trinajstić information content (AvgIpc) is 2.19. The summed E-state index contributed by atoms with van der Waals surface area (Å²) >= 11 is 0. The molecule has 0 bridgehead atoms. The molecule has 2 N–H and O–H groups in total. The standard InChI is InChI=1S/C13H19F2N/c1-9(2)8-11(16)7-6-10-4-3-5-12(14)13(10)15/h3-5,9,11H,6-8,16H2,1-2H3. The Morgan fingerprint density at radius 1 is 1.25 bits per heavy atom. The molecule has 16 heavy (non-hydrogen) atoms. The summed E-state index contributed by atoms with van der Waals surface area (Å²) in [5.74, 6) is -0.985. The van der Waals surface area contributed by atoms with Gasteiger partial charge in [0.25, 0.3) is 0 Å². The molecule has 0 amide bonds. The fourth-order valence-electron chi connectivity index (χ4n) is 1.81. The lowest BCUT2D eigenvalue weighted by atomic mass is 9.98. The second-order valence-corrected chi connectivity index (χ2v) is 4.64. The summed E-state index contributed by atoms with van der Waals surface area (Å²) in [7, 11) is 0. The van der Waals surface area contributed by atoms with Crippen molar-refractivity contribution in [1.82, 2.24) is 0 Å². The Morgan fingerprint density at radius 2 is 1.94 bits per heavy atom. The molecule has 3 heteroatoms. The molecule has 0 heterocycles. The van der Waals surface area contributed by atoms with Gasteiger partial charge in [0.2, 0.25) is 0 Å². The van der Waals surface area contributed by atoms with Gasteiger partial charge in [-0.1, -0.05) is 26.0 Å². The van der Waals surface area contributed by atoms with Crippen LogP contribution in [0.15, 0.2) is 18.2 Å². The first-order valence-corrected chi connectivity index (χ1v) is 5.69. The molecule has 1 aromatic rings. The van der Waals surface area contributed by atoms with E-state index in [9.17, 15) is 8.78 Å². The number of hydrogen-bond donors (Lipinski definition) is 1. The molecule has 0 aliphatic carbocycles. The zero-order valence-corrected chi connectivity index (χ0v) is 9.84. The summed E-state index contributed by atoms with van der Waals surface area (Å²) in [6.45, 7) is 4.20. The zero-order chi connectivity index (χ0) is 12.1. The lowest BCUT2D eigenvalue weighted by molar-refractivity contribution is 0.461. The summed E-state index contributed by atoms with van der Waals surface area (Å²) in [6.07, 6.45) is 2.10. The van der Waals surface area contributed by atoms with Crippen molar-refractivity contribution in [3.8, 4) is 0 Å². The van der Waals surface area contributed by atoms with E-state index < -0.39 is 11.6 Å². The van der Waals surface area contributed by atoms with E-state index in [1.807, 2.05) is 0 Å². The normalized spacial score (nSPS) is 13.1. The second-order valence-electron chi connectivity index (χ2n) is 4.64. The molecule has 1 nitrogen and oxygen atoms in total. The van der Waals surface area contributed by atoms with Gasteiger partial charge in [0, 0.05) is 6.04 Å². The van der Waals surface area contributed by atoms with E-state index in [-0.39, 0.29) is 6.04 Å². The van der Waals surface area contributed by atoms with Crippen molar-refractivity contribution >= 4 is 0 Å². The Kier molecular flexibility index (Phi) is 4.87. The maximum absolute atomic E-state index is 13.3. The molecular formula is C13H19F2N. The van der Waals surface area contributed by atoms with Gasteiger partial charge < -0.3 is 5.73 Å². The number of halogens is 2. The lowest BCUT2D eigenvalue weighted by Crippen LogP contribution is -2.22. The largest absolute Gasteiger partial charge is 0.328 e. The van der Waals surface area contributed by atoms with Crippen LogP contribution in [0.2, 0.25) is 0 Å². The van der Waals surface area contributed by atoms with Gasteiger partial charge in [-0.05, 0) is 36.8 Å². The van der Waals surface area contributed by atoms with Crippen LogP contribution in [0.25, 0.3) is 0 Å². The highest BCUT2D eigenvalue weighted by atomic mass is 19.2. The molecule has 90 valence electrons. The number of aryl methyl sites for hydroxylation is 1. The van der Waals surface area contributed by atoms with Gasteiger partial charge in [-0.2, -0.15) is 0 Å². The highest BCUT2D eigenvalue weighted by molar-refractivity contribution is 5.19. The van der Waals surface area contributed by atoms with Crippen LogP contribution in [0.3, 0.4) is 0 Å². The monoisotopic (exact) mass is 227 g/mol. The first-order chi connectivity index (χ1) is 7.50. The van der Waals surface area contributed by atoms with Crippen molar-refractivity contribution < 1.29 is 8.78 Å². The van der Waals surface area contributed by atoms with E-state index >= 15 is 0 Å².